The normalized spacial score (nSPS) is 31.9. The summed E-state index contributed by atoms with van der Waals surface area (Å²) in [6.45, 7) is 6.05. The topological polar surface area (TPSA) is 58.6 Å². The molecule has 2 aliphatic rings. The SMILES string of the molecule is COC1CCC2(CC1)Cc1ccc(Br)cc1C2(CCO)NS(=O)C(C)(C)C. The number of methoxy groups -OCH3 is 1. The van der Waals surface area contributed by atoms with Crippen LogP contribution in [0.5, 0.6) is 0 Å². The van der Waals surface area contributed by atoms with Crippen molar-refractivity contribution in [3.8, 4) is 0 Å². The molecule has 2 aliphatic carbocycles. The lowest BCUT2D eigenvalue weighted by molar-refractivity contribution is -0.0160. The lowest BCUT2D eigenvalue weighted by atomic mass is 9.61. The fourth-order valence-corrected chi connectivity index (χ4v) is 6.39. The van der Waals surface area contributed by atoms with Crippen LogP contribution in [-0.2, 0) is 27.7 Å². The first kappa shape index (κ1) is 21.4. The van der Waals surface area contributed by atoms with Crippen LogP contribution in [0.15, 0.2) is 22.7 Å². The molecule has 3 rings (SSSR count). The quantitative estimate of drug-likeness (QED) is 0.695. The monoisotopic (exact) mass is 457 g/mol. The van der Waals surface area contributed by atoms with E-state index >= 15 is 0 Å². The molecular weight excluding hydrogens is 426 g/mol. The Morgan fingerprint density at radius 2 is 2.00 bits per heavy atom. The third-order valence-electron chi connectivity index (χ3n) is 6.50. The molecule has 0 bridgehead atoms. The van der Waals surface area contributed by atoms with E-state index in [9.17, 15) is 9.32 Å². The lowest BCUT2D eigenvalue weighted by Gasteiger charge is -2.51. The van der Waals surface area contributed by atoms with Crippen LogP contribution >= 0.6 is 15.9 Å². The van der Waals surface area contributed by atoms with Crippen LogP contribution in [0.3, 0.4) is 0 Å². The second-order valence-corrected chi connectivity index (χ2v) is 11.9. The van der Waals surface area contributed by atoms with Crippen molar-refractivity contribution in [2.45, 2.75) is 75.7 Å². The second kappa shape index (κ2) is 7.86. The van der Waals surface area contributed by atoms with Gasteiger partial charge in [-0.05, 0) is 88.0 Å². The van der Waals surface area contributed by atoms with E-state index in [0.717, 1.165) is 36.6 Å². The average molecular weight is 458 g/mol. The molecule has 1 saturated carbocycles. The Bertz CT molecular complexity index is 710. The molecule has 6 heteroatoms. The molecule has 0 saturated heterocycles. The second-order valence-electron chi connectivity index (χ2n) is 9.06. The van der Waals surface area contributed by atoms with Crippen molar-refractivity contribution in [1.82, 2.24) is 4.72 Å². The summed E-state index contributed by atoms with van der Waals surface area (Å²) >= 11 is 3.62. The summed E-state index contributed by atoms with van der Waals surface area (Å²) in [5, 5.41) is 10.0. The van der Waals surface area contributed by atoms with Gasteiger partial charge in [-0.3, -0.25) is 0 Å². The minimum Gasteiger partial charge on any atom is -0.396 e. The zero-order valence-corrected chi connectivity index (χ0v) is 19.2. The van der Waals surface area contributed by atoms with Gasteiger partial charge in [-0.25, -0.2) is 8.93 Å². The highest BCUT2D eigenvalue weighted by molar-refractivity contribution is 9.10. The zero-order valence-electron chi connectivity index (χ0n) is 16.8. The summed E-state index contributed by atoms with van der Waals surface area (Å²) < 4.78 is 23.1. The van der Waals surface area contributed by atoms with Gasteiger partial charge < -0.3 is 9.84 Å². The van der Waals surface area contributed by atoms with Gasteiger partial charge in [0.05, 0.1) is 27.4 Å². The molecule has 0 aliphatic heterocycles. The van der Waals surface area contributed by atoms with Crippen molar-refractivity contribution in [3.63, 3.8) is 0 Å². The number of fused-ring (bicyclic) bond motifs is 1. The smallest absolute Gasteiger partial charge is 0.0978 e. The first-order valence-electron chi connectivity index (χ1n) is 9.80. The summed E-state index contributed by atoms with van der Waals surface area (Å²) in [5.74, 6) is 0. The minimum absolute atomic E-state index is 0.0468. The summed E-state index contributed by atoms with van der Waals surface area (Å²) in [6.07, 6.45) is 5.84. The third kappa shape index (κ3) is 3.80. The van der Waals surface area contributed by atoms with Crippen LogP contribution in [0.25, 0.3) is 0 Å². The number of ether oxygens (including phenoxy) is 1. The fourth-order valence-electron chi connectivity index (χ4n) is 4.98. The maximum atomic E-state index is 13.2. The van der Waals surface area contributed by atoms with Crippen molar-refractivity contribution < 1.29 is 14.1 Å². The van der Waals surface area contributed by atoms with Gasteiger partial charge in [-0.1, -0.05) is 22.0 Å². The maximum absolute atomic E-state index is 13.2. The molecule has 0 heterocycles. The molecule has 0 aromatic heterocycles. The molecule has 2 unspecified atom stereocenters. The van der Waals surface area contributed by atoms with Gasteiger partial charge in [-0.15, -0.1) is 0 Å². The van der Waals surface area contributed by atoms with Crippen LogP contribution in [-0.4, -0.2) is 33.9 Å². The lowest BCUT2D eigenvalue weighted by Crippen LogP contribution is -2.58. The molecule has 1 aromatic carbocycles. The molecule has 27 heavy (non-hydrogen) atoms. The van der Waals surface area contributed by atoms with Gasteiger partial charge >= 0.3 is 0 Å². The Morgan fingerprint density at radius 3 is 2.56 bits per heavy atom. The van der Waals surface area contributed by atoms with Crippen molar-refractivity contribution in [3.05, 3.63) is 33.8 Å². The minimum atomic E-state index is -1.23. The molecule has 0 amide bonds. The van der Waals surface area contributed by atoms with Gasteiger partial charge in [0.15, 0.2) is 0 Å². The van der Waals surface area contributed by atoms with E-state index in [1.165, 1.54) is 11.1 Å². The summed E-state index contributed by atoms with van der Waals surface area (Å²) in [7, 11) is 0.561. The van der Waals surface area contributed by atoms with E-state index in [-0.39, 0.29) is 16.8 Å². The van der Waals surface area contributed by atoms with Crippen molar-refractivity contribution in [2.24, 2.45) is 5.41 Å². The van der Waals surface area contributed by atoms with Crippen LogP contribution < -0.4 is 4.72 Å². The number of aliphatic hydroxyl groups is 1. The van der Waals surface area contributed by atoms with E-state index in [2.05, 4.69) is 38.9 Å². The van der Waals surface area contributed by atoms with Gasteiger partial charge in [0.25, 0.3) is 0 Å². The van der Waals surface area contributed by atoms with E-state index in [1.54, 1.807) is 7.11 Å². The molecule has 1 aromatic rings. The molecule has 2 N–H and O–H groups in total. The largest absolute Gasteiger partial charge is 0.396 e. The zero-order chi connectivity index (χ0) is 19.9. The third-order valence-corrected chi connectivity index (χ3v) is 8.64. The van der Waals surface area contributed by atoms with Gasteiger partial charge in [0, 0.05) is 18.2 Å². The number of hydrogen-bond acceptors (Lipinski definition) is 3. The highest BCUT2D eigenvalue weighted by Crippen LogP contribution is 2.59. The van der Waals surface area contributed by atoms with Crippen LogP contribution in [0.1, 0.15) is 64.0 Å². The summed E-state index contributed by atoms with van der Waals surface area (Å²) in [5.41, 5.74) is 1.97. The Morgan fingerprint density at radius 1 is 1.33 bits per heavy atom. The first-order valence-corrected chi connectivity index (χ1v) is 11.7. The predicted molar refractivity (Wildman–Crippen MR) is 114 cm³/mol. The Kier molecular flexibility index (Phi) is 6.25. The molecule has 2 atom stereocenters. The van der Waals surface area contributed by atoms with Crippen LogP contribution in [0, 0.1) is 5.41 Å². The van der Waals surface area contributed by atoms with E-state index in [4.69, 9.17) is 4.74 Å². The number of rotatable bonds is 5. The van der Waals surface area contributed by atoms with Crippen LogP contribution in [0.4, 0.5) is 0 Å². The Labute approximate surface area is 174 Å². The Hall–Kier alpha value is -0.270. The van der Waals surface area contributed by atoms with Crippen molar-refractivity contribution in [1.29, 1.82) is 0 Å². The molecule has 1 spiro atoms. The molecule has 1 fully saturated rings. The molecule has 0 radical (unpaired) electrons. The van der Waals surface area contributed by atoms with E-state index in [0.29, 0.717) is 12.5 Å². The summed E-state index contributed by atoms with van der Waals surface area (Å²) in [6, 6.07) is 6.43. The molecule has 4 nitrogen and oxygen atoms in total. The number of halogens is 1. The first-order chi connectivity index (χ1) is 12.7. The van der Waals surface area contributed by atoms with Crippen molar-refractivity contribution >= 4 is 26.9 Å². The highest BCUT2D eigenvalue weighted by atomic mass is 79.9. The average Bonchev–Trinajstić information content (AvgIpc) is 2.85. The van der Waals surface area contributed by atoms with Gasteiger partial charge in [-0.2, -0.15) is 0 Å². The standard InChI is InChI=1S/C21H32BrNO3S/c1-19(2,3)27(25)23-21(11-12-24)18-13-16(22)6-5-15(18)14-20(21)9-7-17(26-4)8-10-20/h5-6,13,17,23-24H,7-12,14H2,1-4H3. The number of nitrogens with one attached hydrogen (secondary N) is 1. The van der Waals surface area contributed by atoms with Crippen molar-refractivity contribution in [2.75, 3.05) is 13.7 Å². The highest BCUT2D eigenvalue weighted by Gasteiger charge is 2.59. The molecular formula is C21H32BrNO3S. The number of hydrogen-bond donors (Lipinski definition) is 2. The Balaban J connectivity index is 2.11. The van der Waals surface area contributed by atoms with Crippen LogP contribution in [0.2, 0.25) is 0 Å². The number of aliphatic hydroxyl groups excluding tert-OH is 1. The van der Waals surface area contributed by atoms with E-state index in [1.807, 2.05) is 20.8 Å². The fraction of sp³-hybridized carbons (Fsp3) is 0.714. The predicted octanol–water partition coefficient (Wildman–Crippen LogP) is 4.21. The van der Waals surface area contributed by atoms with Gasteiger partial charge in [0.1, 0.15) is 0 Å². The maximum Gasteiger partial charge on any atom is 0.0978 e. The molecule has 152 valence electrons. The van der Waals surface area contributed by atoms with E-state index < -0.39 is 16.5 Å². The summed E-state index contributed by atoms with van der Waals surface area (Å²) in [4.78, 5) is 0. The number of benzene rings is 1. The van der Waals surface area contributed by atoms with Gasteiger partial charge in [0.2, 0.25) is 0 Å².